The van der Waals surface area contributed by atoms with Gasteiger partial charge in [0, 0.05) is 16.3 Å². The number of rotatable bonds is 4. The van der Waals surface area contributed by atoms with Crippen LogP contribution in [0.25, 0.3) is 0 Å². The van der Waals surface area contributed by atoms with E-state index in [4.69, 9.17) is 10.4 Å². The summed E-state index contributed by atoms with van der Waals surface area (Å²) in [4.78, 5) is 15.2. The van der Waals surface area contributed by atoms with Crippen molar-refractivity contribution in [2.24, 2.45) is 0 Å². The molecule has 1 heterocycles. The lowest BCUT2D eigenvalue weighted by atomic mass is 10.3. The quantitative estimate of drug-likeness (QED) is 0.787. The molecule has 0 radical (unpaired) electrons. The van der Waals surface area contributed by atoms with Gasteiger partial charge in [-0.25, -0.2) is 4.98 Å². The number of carboxylic acid groups (broad SMARTS) is 1. The van der Waals surface area contributed by atoms with Gasteiger partial charge in [-0.2, -0.15) is 5.26 Å². The van der Waals surface area contributed by atoms with Gasteiger partial charge in [-0.05, 0) is 12.1 Å². The van der Waals surface area contributed by atoms with E-state index >= 15 is 0 Å². The summed E-state index contributed by atoms with van der Waals surface area (Å²) in [6.45, 7) is 1.84. The van der Waals surface area contributed by atoms with E-state index in [1.165, 1.54) is 11.8 Å². The standard InChI is InChI=1S/C10H10N2O2S/c1-7(4-10(13)14)15-9-2-3-12-8(5-9)6-11/h2-3,5,7H,4H2,1H3,(H,13,14). The molecule has 1 aromatic heterocycles. The number of pyridine rings is 1. The summed E-state index contributed by atoms with van der Waals surface area (Å²) in [6.07, 6.45) is 1.66. The van der Waals surface area contributed by atoms with Crippen molar-refractivity contribution in [3.63, 3.8) is 0 Å². The Labute approximate surface area is 91.9 Å². The first-order chi connectivity index (χ1) is 7.11. The number of carboxylic acids is 1. The van der Waals surface area contributed by atoms with Crippen molar-refractivity contribution in [1.29, 1.82) is 5.26 Å². The van der Waals surface area contributed by atoms with Gasteiger partial charge in [0.15, 0.2) is 0 Å². The van der Waals surface area contributed by atoms with Crippen LogP contribution in [0.15, 0.2) is 23.2 Å². The lowest BCUT2D eigenvalue weighted by Crippen LogP contribution is -2.05. The van der Waals surface area contributed by atoms with Crippen molar-refractivity contribution >= 4 is 17.7 Å². The number of aromatic nitrogens is 1. The summed E-state index contributed by atoms with van der Waals surface area (Å²) >= 11 is 1.43. The lowest BCUT2D eigenvalue weighted by Gasteiger charge is -2.07. The molecule has 0 aliphatic heterocycles. The number of thioether (sulfide) groups is 1. The zero-order valence-electron chi connectivity index (χ0n) is 8.17. The molecule has 0 amide bonds. The van der Waals surface area contributed by atoms with Crippen LogP contribution < -0.4 is 0 Å². The number of nitrogens with zero attached hydrogens (tertiary/aromatic N) is 2. The van der Waals surface area contributed by atoms with Crippen molar-refractivity contribution in [3.05, 3.63) is 24.0 Å². The summed E-state index contributed by atoms with van der Waals surface area (Å²) in [5.41, 5.74) is 0.350. The third kappa shape index (κ3) is 4.00. The van der Waals surface area contributed by atoms with Gasteiger partial charge < -0.3 is 5.11 Å². The molecule has 0 bridgehead atoms. The smallest absolute Gasteiger partial charge is 0.304 e. The summed E-state index contributed by atoms with van der Waals surface area (Å²) in [7, 11) is 0. The fourth-order valence-corrected chi connectivity index (χ4v) is 2.08. The fraction of sp³-hybridized carbons (Fsp3) is 0.300. The molecule has 0 aliphatic carbocycles. The molecule has 1 unspecified atom stereocenters. The minimum absolute atomic E-state index is 0.0172. The van der Waals surface area contributed by atoms with E-state index < -0.39 is 5.97 Å². The zero-order chi connectivity index (χ0) is 11.3. The molecule has 0 fully saturated rings. The molecule has 0 spiro atoms. The van der Waals surface area contributed by atoms with Crippen LogP contribution >= 0.6 is 11.8 Å². The Bertz CT molecular complexity index is 401. The molecular weight excluding hydrogens is 212 g/mol. The molecule has 4 nitrogen and oxygen atoms in total. The highest BCUT2D eigenvalue weighted by atomic mass is 32.2. The Balaban J connectivity index is 2.64. The highest BCUT2D eigenvalue weighted by Crippen LogP contribution is 2.24. The van der Waals surface area contributed by atoms with Gasteiger partial charge in [0.2, 0.25) is 0 Å². The Morgan fingerprint density at radius 2 is 2.53 bits per heavy atom. The van der Waals surface area contributed by atoms with Crippen LogP contribution in [0.3, 0.4) is 0 Å². The summed E-state index contributed by atoms with van der Waals surface area (Å²) in [5.74, 6) is -0.815. The Kier molecular flexibility index (Phi) is 4.13. The Hall–Kier alpha value is -1.54. The van der Waals surface area contributed by atoms with Crippen LogP contribution in [0.2, 0.25) is 0 Å². The van der Waals surface area contributed by atoms with E-state index in [1.54, 1.807) is 18.3 Å². The average Bonchev–Trinajstić information content (AvgIpc) is 2.16. The molecule has 0 saturated heterocycles. The maximum absolute atomic E-state index is 10.4. The SMILES string of the molecule is CC(CC(=O)O)Sc1ccnc(C#N)c1. The van der Waals surface area contributed by atoms with Crippen LogP contribution in [0.1, 0.15) is 19.0 Å². The number of hydrogen-bond donors (Lipinski definition) is 1. The topological polar surface area (TPSA) is 74.0 Å². The molecule has 0 aliphatic rings. The molecule has 0 aromatic carbocycles. The van der Waals surface area contributed by atoms with Gasteiger partial charge in [0.25, 0.3) is 0 Å². The van der Waals surface area contributed by atoms with Crippen molar-refractivity contribution < 1.29 is 9.90 Å². The Morgan fingerprint density at radius 3 is 3.13 bits per heavy atom. The molecule has 5 heteroatoms. The second kappa shape index (κ2) is 5.37. The minimum Gasteiger partial charge on any atom is -0.481 e. The van der Waals surface area contributed by atoms with Crippen LogP contribution in [0.5, 0.6) is 0 Å². The number of nitriles is 1. The number of hydrogen-bond acceptors (Lipinski definition) is 4. The first-order valence-corrected chi connectivity index (χ1v) is 5.24. The summed E-state index contributed by atoms with van der Waals surface area (Å²) < 4.78 is 0. The molecule has 1 N–H and O–H groups in total. The van der Waals surface area contributed by atoms with Crippen LogP contribution in [0.4, 0.5) is 0 Å². The zero-order valence-corrected chi connectivity index (χ0v) is 8.99. The normalized spacial score (nSPS) is 11.7. The highest BCUT2D eigenvalue weighted by Gasteiger charge is 2.09. The van der Waals surface area contributed by atoms with Crippen molar-refractivity contribution in [2.45, 2.75) is 23.5 Å². The van der Waals surface area contributed by atoms with Gasteiger partial charge in [0.05, 0.1) is 6.42 Å². The number of carbonyl (C=O) groups is 1. The lowest BCUT2D eigenvalue weighted by molar-refractivity contribution is -0.136. The summed E-state index contributed by atoms with van der Waals surface area (Å²) in [5, 5.41) is 17.2. The maximum atomic E-state index is 10.4. The van der Waals surface area contributed by atoms with Crippen molar-refractivity contribution in [1.82, 2.24) is 4.98 Å². The molecule has 78 valence electrons. The van der Waals surface area contributed by atoms with E-state index in [0.29, 0.717) is 5.69 Å². The van der Waals surface area contributed by atoms with Gasteiger partial charge in [0.1, 0.15) is 11.8 Å². The third-order valence-electron chi connectivity index (χ3n) is 1.65. The third-order valence-corrected chi connectivity index (χ3v) is 2.74. The predicted octanol–water partition coefficient (Wildman–Crippen LogP) is 1.91. The molecular formula is C10H10N2O2S. The first-order valence-electron chi connectivity index (χ1n) is 4.36. The second-order valence-corrected chi connectivity index (χ2v) is 4.53. The average molecular weight is 222 g/mol. The minimum atomic E-state index is -0.815. The van der Waals surface area contributed by atoms with Crippen LogP contribution in [-0.4, -0.2) is 21.3 Å². The largest absolute Gasteiger partial charge is 0.481 e. The highest BCUT2D eigenvalue weighted by molar-refractivity contribution is 8.00. The van der Waals surface area contributed by atoms with Crippen molar-refractivity contribution in [2.75, 3.05) is 0 Å². The van der Waals surface area contributed by atoms with Crippen LogP contribution in [0, 0.1) is 11.3 Å². The predicted molar refractivity (Wildman–Crippen MR) is 56.5 cm³/mol. The monoisotopic (exact) mass is 222 g/mol. The first kappa shape index (κ1) is 11.5. The second-order valence-electron chi connectivity index (χ2n) is 3.01. The number of aliphatic carboxylic acids is 1. The van der Waals surface area contributed by atoms with E-state index in [1.807, 2.05) is 13.0 Å². The molecule has 15 heavy (non-hydrogen) atoms. The Morgan fingerprint density at radius 1 is 1.80 bits per heavy atom. The van der Waals surface area contributed by atoms with E-state index in [9.17, 15) is 4.79 Å². The molecule has 0 saturated carbocycles. The van der Waals surface area contributed by atoms with Gasteiger partial charge >= 0.3 is 5.97 Å². The maximum Gasteiger partial charge on any atom is 0.304 e. The van der Waals surface area contributed by atoms with Gasteiger partial charge in [-0.3, -0.25) is 4.79 Å². The fourth-order valence-electron chi connectivity index (χ4n) is 1.07. The van der Waals surface area contributed by atoms with E-state index in [-0.39, 0.29) is 11.7 Å². The molecule has 1 atom stereocenters. The van der Waals surface area contributed by atoms with Crippen LogP contribution in [-0.2, 0) is 4.79 Å². The van der Waals surface area contributed by atoms with Gasteiger partial charge in [-0.1, -0.05) is 6.92 Å². The summed E-state index contributed by atoms with van der Waals surface area (Å²) in [6, 6.07) is 5.36. The van der Waals surface area contributed by atoms with Gasteiger partial charge in [-0.15, -0.1) is 11.8 Å². The molecule has 1 rings (SSSR count). The molecule has 1 aromatic rings. The van der Waals surface area contributed by atoms with Crippen molar-refractivity contribution in [3.8, 4) is 6.07 Å². The van der Waals surface area contributed by atoms with E-state index in [2.05, 4.69) is 4.98 Å². The van der Waals surface area contributed by atoms with E-state index in [0.717, 1.165) is 4.90 Å².